The largest absolute Gasteiger partial charge is 0.493 e. The summed E-state index contributed by atoms with van der Waals surface area (Å²) in [6.45, 7) is 5.73. The number of fused-ring (bicyclic) bond motifs is 1. The number of hydrogen-bond donors (Lipinski definition) is 0. The zero-order chi connectivity index (χ0) is 30.7. The van der Waals surface area contributed by atoms with Gasteiger partial charge in [-0.25, -0.2) is 9.79 Å². The summed E-state index contributed by atoms with van der Waals surface area (Å²) in [6, 6.07) is 20.2. The standard InChI is InChI=1S/C33H31ClN2O5S2/c1-19(2)41-32(38)29-20(3)35-33-36(30(29)23-9-13-25(42-5)14-10-23)31(37)28(43-33)17-22-8-15-26(27(16-22)39-4)40-18-21-6-11-24(34)12-7-21/h6-17,19,30H,18H2,1-5H3/b28-17-/t30-/m0/s1. The third-order valence-corrected chi connectivity index (χ3v) is 8.79. The number of carbonyl (C=O) groups excluding carboxylic acids is 1. The first-order valence-corrected chi connectivity index (χ1v) is 16.0. The highest BCUT2D eigenvalue weighted by Gasteiger charge is 2.33. The molecule has 0 spiro atoms. The lowest BCUT2D eigenvalue weighted by atomic mass is 9.96. The van der Waals surface area contributed by atoms with E-state index in [9.17, 15) is 9.59 Å². The van der Waals surface area contributed by atoms with Crippen molar-refractivity contribution in [1.29, 1.82) is 0 Å². The molecule has 43 heavy (non-hydrogen) atoms. The topological polar surface area (TPSA) is 79.1 Å². The second-order valence-corrected chi connectivity index (χ2v) is 12.5. The van der Waals surface area contributed by atoms with Crippen molar-refractivity contribution >= 4 is 46.7 Å². The molecular formula is C33H31ClN2O5S2. The Morgan fingerprint density at radius 3 is 2.47 bits per heavy atom. The summed E-state index contributed by atoms with van der Waals surface area (Å²) in [7, 11) is 1.57. The van der Waals surface area contributed by atoms with Crippen LogP contribution in [0, 0.1) is 0 Å². The molecule has 0 saturated carbocycles. The smallest absolute Gasteiger partial charge is 0.338 e. The molecule has 1 aliphatic rings. The van der Waals surface area contributed by atoms with E-state index in [2.05, 4.69) is 4.99 Å². The Labute approximate surface area is 263 Å². The average Bonchev–Trinajstić information content (AvgIpc) is 3.29. The van der Waals surface area contributed by atoms with E-state index in [1.165, 1.54) is 11.3 Å². The Morgan fingerprint density at radius 1 is 1.09 bits per heavy atom. The van der Waals surface area contributed by atoms with Crippen LogP contribution in [0.15, 0.2) is 92.7 Å². The lowest BCUT2D eigenvalue weighted by Gasteiger charge is -2.25. The first kappa shape index (κ1) is 30.7. The van der Waals surface area contributed by atoms with Gasteiger partial charge in [0, 0.05) is 9.92 Å². The molecule has 0 radical (unpaired) electrons. The van der Waals surface area contributed by atoms with Crippen LogP contribution in [0.1, 0.15) is 43.5 Å². The van der Waals surface area contributed by atoms with Crippen LogP contribution in [0.2, 0.25) is 5.02 Å². The van der Waals surface area contributed by atoms with E-state index in [4.69, 9.17) is 25.8 Å². The van der Waals surface area contributed by atoms with Crippen LogP contribution in [0.25, 0.3) is 6.08 Å². The number of thioether (sulfide) groups is 1. The maximum Gasteiger partial charge on any atom is 0.338 e. The first-order valence-electron chi connectivity index (χ1n) is 13.6. The summed E-state index contributed by atoms with van der Waals surface area (Å²) in [5.74, 6) is 0.633. The quantitative estimate of drug-likeness (QED) is 0.162. The molecule has 1 aliphatic heterocycles. The fraction of sp³-hybridized carbons (Fsp3) is 0.242. The molecule has 1 aromatic heterocycles. The number of methoxy groups -OCH3 is 1. The van der Waals surface area contributed by atoms with Crippen LogP contribution in [0.5, 0.6) is 11.5 Å². The number of benzene rings is 3. The summed E-state index contributed by atoms with van der Waals surface area (Å²) >= 11 is 8.88. The molecule has 0 aliphatic carbocycles. The van der Waals surface area contributed by atoms with Crippen LogP contribution in [0.4, 0.5) is 0 Å². The minimum atomic E-state index is -0.668. The summed E-state index contributed by atoms with van der Waals surface area (Å²) in [5.41, 5.74) is 3.18. The molecule has 0 N–H and O–H groups in total. The molecule has 0 bridgehead atoms. The minimum absolute atomic E-state index is 0.243. The monoisotopic (exact) mass is 634 g/mol. The molecule has 4 aromatic rings. The third kappa shape index (κ3) is 6.74. The van der Waals surface area contributed by atoms with Gasteiger partial charge in [0.2, 0.25) is 0 Å². The molecule has 1 atom stereocenters. The molecule has 10 heteroatoms. The minimum Gasteiger partial charge on any atom is -0.493 e. The molecule has 3 aromatic carbocycles. The molecule has 0 unspecified atom stereocenters. The van der Waals surface area contributed by atoms with E-state index < -0.39 is 12.0 Å². The van der Waals surface area contributed by atoms with Gasteiger partial charge in [0.15, 0.2) is 16.3 Å². The van der Waals surface area contributed by atoms with Crippen molar-refractivity contribution in [3.8, 4) is 11.5 Å². The fourth-order valence-electron chi connectivity index (χ4n) is 4.75. The number of halogens is 1. The van der Waals surface area contributed by atoms with Gasteiger partial charge >= 0.3 is 5.97 Å². The average molecular weight is 635 g/mol. The predicted molar refractivity (Wildman–Crippen MR) is 172 cm³/mol. The van der Waals surface area contributed by atoms with Crippen LogP contribution < -0.4 is 24.4 Å². The summed E-state index contributed by atoms with van der Waals surface area (Å²) in [4.78, 5) is 33.6. The van der Waals surface area contributed by atoms with E-state index in [0.717, 1.165) is 21.6 Å². The second-order valence-electron chi connectivity index (χ2n) is 10.1. The van der Waals surface area contributed by atoms with Crippen molar-refractivity contribution in [2.45, 2.75) is 44.4 Å². The van der Waals surface area contributed by atoms with Gasteiger partial charge in [-0.15, -0.1) is 11.8 Å². The fourth-order valence-corrected chi connectivity index (χ4v) is 6.33. The van der Waals surface area contributed by atoms with Crippen molar-refractivity contribution in [2.75, 3.05) is 13.4 Å². The highest BCUT2D eigenvalue weighted by atomic mass is 35.5. The van der Waals surface area contributed by atoms with Crippen molar-refractivity contribution in [3.63, 3.8) is 0 Å². The van der Waals surface area contributed by atoms with Crippen molar-refractivity contribution in [1.82, 2.24) is 4.57 Å². The van der Waals surface area contributed by atoms with E-state index in [0.29, 0.717) is 43.7 Å². The number of aromatic nitrogens is 1. The SMILES string of the molecule is COc1cc(/C=c2\sc3n(c2=O)[C@@H](c2ccc(SC)cc2)C(C(=O)OC(C)C)=C(C)N=3)ccc1OCc1ccc(Cl)cc1. The number of nitrogens with zero attached hydrogens (tertiary/aromatic N) is 2. The van der Waals surface area contributed by atoms with Gasteiger partial charge in [0.25, 0.3) is 5.56 Å². The van der Waals surface area contributed by atoms with Gasteiger partial charge in [-0.05, 0) is 86.2 Å². The lowest BCUT2D eigenvalue weighted by molar-refractivity contribution is -0.143. The Hall–Kier alpha value is -3.79. The van der Waals surface area contributed by atoms with Gasteiger partial charge in [-0.1, -0.05) is 53.3 Å². The maximum absolute atomic E-state index is 14.0. The lowest BCUT2D eigenvalue weighted by Crippen LogP contribution is -2.40. The number of rotatable bonds is 9. The zero-order valence-corrected chi connectivity index (χ0v) is 26.8. The van der Waals surface area contributed by atoms with Gasteiger partial charge in [-0.2, -0.15) is 0 Å². The number of esters is 1. The van der Waals surface area contributed by atoms with Gasteiger partial charge in [-0.3, -0.25) is 9.36 Å². The highest BCUT2D eigenvalue weighted by Crippen LogP contribution is 2.32. The number of carbonyl (C=O) groups is 1. The zero-order valence-electron chi connectivity index (χ0n) is 24.4. The molecule has 7 nitrogen and oxygen atoms in total. The first-order chi connectivity index (χ1) is 20.7. The van der Waals surface area contributed by atoms with E-state index in [-0.39, 0.29) is 11.7 Å². The Balaban J connectivity index is 1.54. The molecule has 0 fully saturated rings. The molecular weight excluding hydrogens is 604 g/mol. The Bertz CT molecular complexity index is 1860. The predicted octanol–water partition coefficient (Wildman–Crippen LogP) is 6.15. The molecule has 5 rings (SSSR count). The van der Waals surface area contributed by atoms with Crippen molar-refractivity contribution in [2.24, 2.45) is 4.99 Å². The normalized spacial score (nSPS) is 14.9. The summed E-state index contributed by atoms with van der Waals surface area (Å²) in [5, 5.41) is 0.664. The third-order valence-electron chi connectivity index (χ3n) is 6.81. The number of thiazole rings is 1. The van der Waals surface area contributed by atoms with Crippen LogP contribution >= 0.6 is 34.7 Å². The highest BCUT2D eigenvalue weighted by molar-refractivity contribution is 7.98. The summed E-state index contributed by atoms with van der Waals surface area (Å²) in [6.07, 6.45) is 3.49. The molecule has 0 amide bonds. The van der Waals surface area contributed by atoms with Crippen molar-refractivity contribution in [3.05, 3.63) is 119 Å². The Morgan fingerprint density at radius 2 is 1.81 bits per heavy atom. The van der Waals surface area contributed by atoms with Crippen LogP contribution in [-0.4, -0.2) is 30.0 Å². The van der Waals surface area contributed by atoms with E-state index >= 15 is 0 Å². The van der Waals surface area contributed by atoms with E-state index in [1.54, 1.807) is 50.3 Å². The molecule has 222 valence electrons. The number of allylic oxidation sites excluding steroid dienone is 1. The van der Waals surface area contributed by atoms with E-state index in [1.807, 2.05) is 73.0 Å². The van der Waals surface area contributed by atoms with Crippen LogP contribution in [0.3, 0.4) is 0 Å². The van der Waals surface area contributed by atoms with Crippen molar-refractivity contribution < 1.29 is 19.0 Å². The van der Waals surface area contributed by atoms with Gasteiger partial charge in [0.1, 0.15) is 6.61 Å². The number of hydrogen-bond acceptors (Lipinski definition) is 8. The Kier molecular flexibility index (Phi) is 9.44. The second kappa shape index (κ2) is 13.2. The molecule has 2 heterocycles. The van der Waals surface area contributed by atoms with Gasteiger partial charge < -0.3 is 14.2 Å². The van der Waals surface area contributed by atoms with Gasteiger partial charge in [0.05, 0.1) is 35.1 Å². The number of ether oxygens (including phenoxy) is 3. The summed E-state index contributed by atoms with van der Waals surface area (Å²) < 4.78 is 19.3. The maximum atomic E-state index is 14.0. The van der Waals surface area contributed by atoms with Crippen LogP contribution in [-0.2, 0) is 16.1 Å². The molecule has 0 saturated heterocycles.